The van der Waals surface area contributed by atoms with Crippen LogP contribution >= 0.6 is 11.6 Å². The number of halogens is 1. The summed E-state index contributed by atoms with van der Waals surface area (Å²) in [5.41, 5.74) is 0.258. The van der Waals surface area contributed by atoms with E-state index in [9.17, 15) is 9.90 Å². The predicted molar refractivity (Wildman–Crippen MR) is 66.4 cm³/mol. The maximum atomic E-state index is 12.1. The highest BCUT2D eigenvalue weighted by atomic mass is 35.5. The molecule has 0 spiro atoms. The Morgan fingerprint density at radius 3 is 2.71 bits per heavy atom. The molecule has 0 aromatic heterocycles. The zero-order valence-electron chi connectivity index (χ0n) is 9.69. The van der Waals surface area contributed by atoms with E-state index in [4.69, 9.17) is 16.7 Å². The highest BCUT2D eigenvalue weighted by Crippen LogP contribution is 2.22. The molecule has 94 valence electrons. The molecule has 0 fully saturated rings. The molecule has 1 aromatic carbocycles. The molecule has 0 bridgehead atoms. The average Bonchev–Trinajstić information content (AvgIpc) is 2.31. The molecule has 1 amide bonds. The van der Waals surface area contributed by atoms with Gasteiger partial charge >= 0.3 is 0 Å². The number of hydrogen-bond donors (Lipinski definition) is 2. The van der Waals surface area contributed by atoms with Gasteiger partial charge in [-0.3, -0.25) is 4.79 Å². The number of nitrogens with zero attached hydrogens (tertiary/aromatic N) is 1. The molecule has 0 atom stereocenters. The van der Waals surface area contributed by atoms with Gasteiger partial charge in [0, 0.05) is 13.1 Å². The van der Waals surface area contributed by atoms with Crippen LogP contribution in [0.3, 0.4) is 0 Å². The monoisotopic (exact) mass is 257 g/mol. The van der Waals surface area contributed by atoms with Gasteiger partial charge in [0.15, 0.2) is 0 Å². The van der Waals surface area contributed by atoms with E-state index in [1.165, 1.54) is 23.1 Å². The topological polar surface area (TPSA) is 60.8 Å². The zero-order valence-corrected chi connectivity index (χ0v) is 10.4. The second-order valence-electron chi connectivity index (χ2n) is 3.68. The van der Waals surface area contributed by atoms with Gasteiger partial charge in [0.1, 0.15) is 5.75 Å². The summed E-state index contributed by atoms with van der Waals surface area (Å²) in [5.74, 6) is -0.278. The van der Waals surface area contributed by atoms with E-state index in [-0.39, 0.29) is 30.4 Å². The van der Waals surface area contributed by atoms with Crippen LogP contribution in [0.5, 0.6) is 5.75 Å². The van der Waals surface area contributed by atoms with Crippen LogP contribution in [0.25, 0.3) is 0 Å². The molecule has 2 N–H and O–H groups in total. The fourth-order valence-electron chi connectivity index (χ4n) is 1.55. The molecule has 0 saturated heterocycles. The largest absolute Gasteiger partial charge is 0.508 e. The Kier molecular flexibility index (Phi) is 5.25. The van der Waals surface area contributed by atoms with Crippen molar-refractivity contribution in [3.8, 4) is 5.75 Å². The predicted octanol–water partition coefficient (Wildman–Crippen LogP) is 1.89. The van der Waals surface area contributed by atoms with Gasteiger partial charge in [-0.2, -0.15) is 0 Å². The van der Waals surface area contributed by atoms with Crippen molar-refractivity contribution >= 4 is 17.5 Å². The lowest BCUT2D eigenvalue weighted by Gasteiger charge is -2.21. The van der Waals surface area contributed by atoms with Crippen LogP contribution in [-0.4, -0.2) is 40.7 Å². The molecule has 0 aliphatic rings. The summed E-state index contributed by atoms with van der Waals surface area (Å²) in [6.07, 6.45) is 0.794. The fourth-order valence-corrected chi connectivity index (χ4v) is 1.75. The van der Waals surface area contributed by atoms with Gasteiger partial charge in [-0.25, -0.2) is 0 Å². The van der Waals surface area contributed by atoms with Crippen molar-refractivity contribution in [2.45, 2.75) is 13.3 Å². The summed E-state index contributed by atoms with van der Waals surface area (Å²) in [5, 5.41) is 18.6. The quantitative estimate of drug-likeness (QED) is 0.847. The maximum Gasteiger partial charge on any atom is 0.255 e. The van der Waals surface area contributed by atoms with Crippen LogP contribution < -0.4 is 0 Å². The first-order chi connectivity index (χ1) is 8.10. The van der Waals surface area contributed by atoms with Crippen molar-refractivity contribution in [1.82, 2.24) is 4.90 Å². The smallest absolute Gasteiger partial charge is 0.255 e. The minimum absolute atomic E-state index is 0.00167. The number of benzene rings is 1. The lowest BCUT2D eigenvalue weighted by atomic mass is 10.2. The van der Waals surface area contributed by atoms with Crippen molar-refractivity contribution in [2.24, 2.45) is 0 Å². The summed E-state index contributed by atoms with van der Waals surface area (Å²) in [6.45, 7) is 2.66. The minimum Gasteiger partial charge on any atom is -0.508 e. The Morgan fingerprint density at radius 2 is 2.12 bits per heavy atom. The van der Waals surface area contributed by atoms with Crippen LogP contribution in [0.15, 0.2) is 18.2 Å². The third kappa shape index (κ3) is 3.61. The van der Waals surface area contributed by atoms with Crippen LogP contribution in [0.1, 0.15) is 23.7 Å². The molecule has 4 nitrogen and oxygen atoms in total. The molecule has 0 unspecified atom stereocenters. The molecular weight excluding hydrogens is 242 g/mol. The van der Waals surface area contributed by atoms with Gasteiger partial charge in [0.05, 0.1) is 17.2 Å². The Morgan fingerprint density at radius 1 is 1.41 bits per heavy atom. The summed E-state index contributed by atoms with van der Waals surface area (Å²) in [6, 6.07) is 4.24. The lowest BCUT2D eigenvalue weighted by molar-refractivity contribution is 0.0721. The fraction of sp³-hybridized carbons (Fsp3) is 0.417. The molecule has 0 heterocycles. The number of amides is 1. The normalized spacial score (nSPS) is 10.3. The van der Waals surface area contributed by atoms with E-state index in [0.29, 0.717) is 11.6 Å². The lowest BCUT2D eigenvalue weighted by Crippen LogP contribution is -2.34. The second-order valence-corrected chi connectivity index (χ2v) is 4.09. The average molecular weight is 258 g/mol. The van der Waals surface area contributed by atoms with Gasteiger partial charge in [-0.1, -0.05) is 18.5 Å². The first-order valence-corrected chi connectivity index (χ1v) is 5.86. The van der Waals surface area contributed by atoms with Gasteiger partial charge < -0.3 is 15.1 Å². The number of aliphatic hydroxyl groups excluding tert-OH is 1. The van der Waals surface area contributed by atoms with Gasteiger partial charge in [0.2, 0.25) is 0 Å². The maximum absolute atomic E-state index is 12.1. The zero-order chi connectivity index (χ0) is 12.8. The van der Waals surface area contributed by atoms with Gasteiger partial charge in [-0.15, -0.1) is 0 Å². The van der Waals surface area contributed by atoms with E-state index in [1.54, 1.807) is 0 Å². The van der Waals surface area contributed by atoms with E-state index in [0.717, 1.165) is 6.42 Å². The first kappa shape index (κ1) is 13.8. The third-order valence-electron chi connectivity index (χ3n) is 2.33. The molecule has 0 aliphatic carbocycles. The van der Waals surface area contributed by atoms with Gasteiger partial charge in [-0.05, 0) is 24.6 Å². The highest BCUT2D eigenvalue weighted by molar-refractivity contribution is 6.33. The molecule has 0 saturated carbocycles. The van der Waals surface area contributed by atoms with Crippen LogP contribution in [0.4, 0.5) is 0 Å². The molecule has 1 aromatic rings. The number of phenolic OH excluding ortho intramolecular Hbond substituents is 1. The van der Waals surface area contributed by atoms with E-state index in [1.807, 2.05) is 6.92 Å². The molecule has 1 rings (SSSR count). The molecular formula is C12H16ClNO3. The summed E-state index contributed by atoms with van der Waals surface area (Å²) >= 11 is 5.91. The number of aromatic hydroxyl groups is 1. The van der Waals surface area contributed by atoms with Crippen LogP contribution in [0.2, 0.25) is 5.02 Å². The Balaban J connectivity index is 2.95. The third-order valence-corrected chi connectivity index (χ3v) is 2.66. The number of rotatable bonds is 5. The van der Waals surface area contributed by atoms with Gasteiger partial charge in [0.25, 0.3) is 5.91 Å². The number of aliphatic hydroxyl groups is 1. The number of carbonyl (C=O) groups is 1. The minimum atomic E-state index is -0.276. The number of carbonyl (C=O) groups excluding carboxylic acids is 1. The second kappa shape index (κ2) is 6.47. The number of phenols is 1. The first-order valence-electron chi connectivity index (χ1n) is 5.48. The summed E-state index contributed by atoms with van der Waals surface area (Å²) in [4.78, 5) is 13.6. The van der Waals surface area contributed by atoms with Crippen LogP contribution in [0, 0.1) is 0 Å². The Labute approximate surface area is 105 Å². The standard InChI is InChI=1S/C12H16ClNO3/c1-2-5-14(6-7-15)12(17)10-8-9(16)3-4-11(10)13/h3-4,8,15-16H,2,5-7H2,1H3. The molecule has 17 heavy (non-hydrogen) atoms. The van der Waals surface area contributed by atoms with Crippen LogP contribution in [-0.2, 0) is 0 Å². The molecule has 0 aliphatic heterocycles. The Bertz CT molecular complexity index is 389. The summed E-state index contributed by atoms with van der Waals surface area (Å²) in [7, 11) is 0. The van der Waals surface area contributed by atoms with E-state index in [2.05, 4.69) is 0 Å². The van der Waals surface area contributed by atoms with E-state index < -0.39 is 0 Å². The SMILES string of the molecule is CCCN(CCO)C(=O)c1cc(O)ccc1Cl. The van der Waals surface area contributed by atoms with Crippen molar-refractivity contribution in [3.63, 3.8) is 0 Å². The Hall–Kier alpha value is -1.26. The van der Waals surface area contributed by atoms with Crippen molar-refractivity contribution in [1.29, 1.82) is 0 Å². The highest BCUT2D eigenvalue weighted by Gasteiger charge is 2.17. The molecule has 0 radical (unpaired) electrons. The van der Waals surface area contributed by atoms with Crippen molar-refractivity contribution in [3.05, 3.63) is 28.8 Å². The van der Waals surface area contributed by atoms with Crippen molar-refractivity contribution < 1.29 is 15.0 Å². The summed E-state index contributed by atoms with van der Waals surface area (Å²) < 4.78 is 0. The number of hydrogen-bond acceptors (Lipinski definition) is 3. The molecule has 5 heteroatoms. The van der Waals surface area contributed by atoms with Crippen molar-refractivity contribution in [2.75, 3.05) is 19.7 Å². The van der Waals surface area contributed by atoms with E-state index >= 15 is 0 Å².